The Hall–Kier alpha value is -2.55. The van der Waals surface area contributed by atoms with Gasteiger partial charge in [0.1, 0.15) is 0 Å². The van der Waals surface area contributed by atoms with Gasteiger partial charge < -0.3 is 10.2 Å². The number of fused-ring (bicyclic) bond motifs is 1. The van der Waals surface area contributed by atoms with Crippen molar-refractivity contribution >= 4 is 23.9 Å². The van der Waals surface area contributed by atoms with E-state index in [1.807, 2.05) is 43.3 Å². The van der Waals surface area contributed by atoms with E-state index in [1.54, 1.807) is 0 Å². The fourth-order valence-electron chi connectivity index (χ4n) is 2.57. The van der Waals surface area contributed by atoms with Gasteiger partial charge in [0, 0.05) is 19.3 Å². The van der Waals surface area contributed by atoms with Crippen molar-refractivity contribution in [2.24, 2.45) is 0 Å². The van der Waals surface area contributed by atoms with E-state index in [1.165, 1.54) is 10.4 Å². The summed E-state index contributed by atoms with van der Waals surface area (Å²) in [6.07, 6.45) is 4.29. The van der Waals surface area contributed by atoms with Crippen molar-refractivity contribution in [3.63, 3.8) is 0 Å². The predicted molar refractivity (Wildman–Crippen MR) is 86.4 cm³/mol. The van der Waals surface area contributed by atoms with Crippen LogP contribution in [-0.4, -0.2) is 19.0 Å². The minimum atomic E-state index is -0.0274. The molecule has 0 atom stereocenters. The number of hydrogen-bond acceptors (Lipinski definition) is 2. The SMILES string of the molecule is CCNC(=O)c1ccccc1N1C=c2ccccc2=CC1. The Bertz CT molecular complexity index is 780. The molecule has 3 nitrogen and oxygen atoms in total. The lowest BCUT2D eigenvalue weighted by Crippen LogP contribution is -2.36. The maximum atomic E-state index is 12.2. The van der Waals surface area contributed by atoms with Gasteiger partial charge in [-0.1, -0.05) is 42.5 Å². The van der Waals surface area contributed by atoms with Gasteiger partial charge in [0.2, 0.25) is 0 Å². The van der Waals surface area contributed by atoms with E-state index in [-0.39, 0.29) is 5.91 Å². The summed E-state index contributed by atoms with van der Waals surface area (Å²) in [5.41, 5.74) is 1.65. The van der Waals surface area contributed by atoms with Crippen LogP contribution in [-0.2, 0) is 0 Å². The number of rotatable bonds is 3. The molecule has 1 heterocycles. The molecule has 2 aromatic carbocycles. The van der Waals surface area contributed by atoms with Gasteiger partial charge in [-0.3, -0.25) is 4.79 Å². The van der Waals surface area contributed by atoms with Crippen LogP contribution in [0.4, 0.5) is 5.69 Å². The lowest BCUT2D eigenvalue weighted by Gasteiger charge is -2.23. The number of anilines is 1. The Kier molecular flexibility index (Phi) is 3.73. The largest absolute Gasteiger partial charge is 0.352 e. The van der Waals surface area contributed by atoms with Crippen LogP contribution in [0.5, 0.6) is 0 Å². The van der Waals surface area contributed by atoms with Crippen LogP contribution in [0.3, 0.4) is 0 Å². The fourth-order valence-corrected chi connectivity index (χ4v) is 2.57. The summed E-state index contributed by atoms with van der Waals surface area (Å²) in [4.78, 5) is 14.3. The number of carbonyl (C=O) groups is 1. The van der Waals surface area contributed by atoms with Crippen molar-refractivity contribution < 1.29 is 4.79 Å². The Balaban J connectivity index is 2.03. The Labute approximate surface area is 124 Å². The third kappa shape index (κ3) is 2.68. The number of hydrogen-bond donors (Lipinski definition) is 1. The smallest absolute Gasteiger partial charge is 0.253 e. The lowest BCUT2D eigenvalue weighted by molar-refractivity contribution is 0.0956. The fraction of sp³-hybridized carbons (Fsp3) is 0.167. The summed E-state index contributed by atoms with van der Waals surface area (Å²) in [6.45, 7) is 3.33. The molecule has 0 aromatic heterocycles. The number of carbonyl (C=O) groups excluding carboxylic acids is 1. The molecule has 0 saturated heterocycles. The predicted octanol–water partition coefficient (Wildman–Crippen LogP) is 1.48. The van der Waals surface area contributed by atoms with E-state index in [0.717, 1.165) is 12.2 Å². The molecular formula is C18H18N2O. The maximum Gasteiger partial charge on any atom is 0.253 e. The molecule has 2 aromatic rings. The van der Waals surface area contributed by atoms with Gasteiger partial charge in [-0.25, -0.2) is 0 Å². The number of para-hydroxylation sites is 1. The molecule has 106 valence electrons. The van der Waals surface area contributed by atoms with Gasteiger partial charge in [0.05, 0.1) is 11.3 Å². The molecule has 3 rings (SSSR count). The number of benzene rings is 2. The highest BCUT2D eigenvalue weighted by atomic mass is 16.1. The van der Waals surface area contributed by atoms with Gasteiger partial charge in [0.15, 0.2) is 0 Å². The van der Waals surface area contributed by atoms with Crippen molar-refractivity contribution in [1.29, 1.82) is 0 Å². The van der Waals surface area contributed by atoms with Crippen molar-refractivity contribution in [2.45, 2.75) is 6.92 Å². The second kappa shape index (κ2) is 5.83. The normalized spacial score (nSPS) is 12.9. The molecular weight excluding hydrogens is 260 g/mol. The van der Waals surface area contributed by atoms with Gasteiger partial charge in [0.25, 0.3) is 5.91 Å². The van der Waals surface area contributed by atoms with Crippen molar-refractivity contribution in [3.8, 4) is 0 Å². The highest BCUT2D eigenvalue weighted by Gasteiger charge is 2.14. The summed E-state index contributed by atoms with van der Waals surface area (Å²) in [6, 6.07) is 16.0. The molecule has 1 amide bonds. The molecule has 0 bridgehead atoms. The molecule has 1 aliphatic heterocycles. The van der Waals surface area contributed by atoms with Crippen LogP contribution in [0.2, 0.25) is 0 Å². The van der Waals surface area contributed by atoms with Crippen molar-refractivity contribution in [1.82, 2.24) is 5.32 Å². The highest BCUT2D eigenvalue weighted by Crippen LogP contribution is 2.21. The van der Waals surface area contributed by atoms with Crippen LogP contribution < -0.4 is 20.7 Å². The molecule has 0 saturated carbocycles. The molecule has 1 N–H and O–H groups in total. The first-order chi connectivity index (χ1) is 10.3. The van der Waals surface area contributed by atoms with Gasteiger partial charge in [-0.05, 0) is 29.5 Å². The molecule has 1 aliphatic rings. The molecule has 0 aliphatic carbocycles. The topological polar surface area (TPSA) is 32.3 Å². The Morgan fingerprint density at radius 3 is 2.62 bits per heavy atom. The van der Waals surface area contributed by atoms with Crippen LogP contribution in [0.15, 0.2) is 48.5 Å². The summed E-state index contributed by atoms with van der Waals surface area (Å²) in [5.74, 6) is -0.0274. The first-order valence-corrected chi connectivity index (χ1v) is 7.20. The molecule has 0 radical (unpaired) electrons. The zero-order chi connectivity index (χ0) is 14.7. The standard InChI is InChI=1S/C18H18N2O/c1-2-19-18(21)16-9-5-6-10-17(16)20-12-11-14-7-3-4-8-15(14)13-20/h3-11,13H,2,12H2,1H3,(H,19,21). The third-order valence-corrected chi connectivity index (χ3v) is 3.59. The van der Waals surface area contributed by atoms with Crippen LogP contribution in [0.1, 0.15) is 17.3 Å². The number of amides is 1. The van der Waals surface area contributed by atoms with E-state index in [2.05, 4.69) is 34.6 Å². The summed E-state index contributed by atoms with van der Waals surface area (Å²) in [5, 5.41) is 5.29. The summed E-state index contributed by atoms with van der Waals surface area (Å²) < 4.78 is 0. The van der Waals surface area contributed by atoms with E-state index < -0.39 is 0 Å². The van der Waals surface area contributed by atoms with Gasteiger partial charge >= 0.3 is 0 Å². The van der Waals surface area contributed by atoms with Gasteiger partial charge in [-0.15, -0.1) is 0 Å². The minimum absolute atomic E-state index is 0.0274. The summed E-state index contributed by atoms with van der Waals surface area (Å²) in [7, 11) is 0. The van der Waals surface area contributed by atoms with E-state index in [4.69, 9.17) is 0 Å². The monoisotopic (exact) mass is 278 g/mol. The number of nitrogens with one attached hydrogen (secondary N) is 1. The van der Waals surface area contributed by atoms with E-state index in [0.29, 0.717) is 12.1 Å². The first kappa shape index (κ1) is 13.4. The van der Waals surface area contributed by atoms with E-state index in [9.17, 15) is 4.79 Å². The van der Waals surface area contributed by atoms with Crippen LogP contribution in [0, 0.1) is 0 Å². The average Bonchev–Trinajstić information content (AvgIpc) is 2.54. The zero-order valence-corrected chi connectivity index (χ0v) is 12.0. The van der Waals surface area contributed by atoms with Crippen molar-refractivity contribution in [2.75, 3.05) is 18.0 Å². The van der Waals surface area contributed by atoms with Crippen LogP contribution >= 0.6 is 0 Å². The Morgan fingerprint density at radius 1 is 1.10 bits per heavy atom. The van der Waals surface area contributed by atoms with Crippen molar-refractivity contribution in [3.05, 3.63) is 64.5 Å². The second-order valence-electron chi connectivity index (χ2n) is 4.99. The first-order valence-electron chi connectivity index (χ1n) is 7.20. The molecule has 0 fully saturated rings. The molecule has 0 spiro atoms. The quantitative estimate of drug-likeness (QED) is 0.922. The van der Waals surface area contributed by atoms with Crippen LogP contribution in [0.25, 0.3) is 12.3 Å². The van der Waals surface area contributed by atoms with Gasteiger partial charge in [-0.2, -0.15) is 0 Å². The summed E-state index contributed by atoms with van der Waals surface area (Å²) >= 11 is 0. The third-order valence-electron chi connectivity index (χ3n) is 3.59. The zero-order valence-electron chi connectivity index (χ0n) is 12.0. The average molecular weight is 278 g/mol. The number of nitrogens with zero attached hydrogens (tertiary/aromatic N) is 1. The minimum Gasteiger partial charge on any atom is -0.352 e. The highest BCUT2D eigenvalue weighted by molar-refractivity contribution is 6.00. The molecule has 3 heteroatoms. The van der Waals surface area contributed by atoms with E-state index >= 15 is 0 Å². The second-order valence-corrected chi connectivity index (χ2v) is 4.99. The molecule has 0 unspecified atom stereocenters. The molecule has 21 heavy (non-hydrogen) atoms. The maximum absolute atomic E-state index is 12.2. The lowest BCUT2D eigenvalue weighted by atomic mass is 10.1. The Morgan fingerprint density at radius 2 is 1.81 bits per heavy atom.